The molecule has 1 saturated heterocycles. The first-order valence-electron chi connectivity index (χ1n) is 10.2. The number of rotatable bonds is 4. The quantitative estimate of drug-likeness (QED) is 0.273. The van der Waals surface area contributed by atoms with Crippen LogP contribution in [0.2, 0.25) is 0 Å². The van der Waals surface area contributed by atoms with Crippen LogP contribution in [0.3, 0.4) is 0 Å². The van der Waals surface area contributed by atoms with E-state index in [1.165, 1.54) is 16.2 Å². The van der Waals surface area contributed by atoms with Crippen molar-refractivity contribution in [3.05, 3.63) is 89.3 Å². The summed E-state index contributed by atoms with van der Waals surface area (Å²) in [5, 5.41) is 11.6. The van der Waals surface area contributed by atoms with Gasteiger partial charge in [-0.2, -0.15) is 0 Å². The van der Waals surface area contributed by atoms with Crippen molar-refractivity contribution >= 4 is 44.1 Å². The normalized spacial score (nSPS) is 17.6. The van der Waals surface area contributed by atoms with Crippen LogP contribution >= 0.6 is 11.3 Å². The predicted molar refractivity (Wildman–Crippen MR) is 126 cm³/mol. The Kier molecular flexibility index (Phi) is 5.14. The Hall–Kier alpha value is -4.04. The highest BCUT2D eigenvalue weighted by atomic mass is 32.1. The highest BCUT2D eigenvalue weighted by Crippen LogP contribution is 2.43. The third-order valence-corrected chi connectivity index (χ3v) is 6.61. The molecule has 0 radical (unpaired) electrons. The summed E-state index contributed by atoms with van der Waals surface area (Å²) in [4.78, 5) is 36.8. The number of fused-ring (bicyclic) bond motifs is 1. The molecule has 5 rings (SSSR count). The van der Waals surface area contributed by atoms with Crippen LogP contribution in [0.25, 0.3) is 16.0 Å². The van der Waals surface area contributed by atoms with Crippen molar-refractivity contribution in [1.29, 1.82) is 0 Å². The minimum atomic E-state index is -0.908. The van der Waals surface area contributed by atoms with Crippen LogP contribution in [-0.2, 0) is 9.59 Å². The van der Waals surface area contributed by atoms with E-state index in [9.17, 15) is 14.7 Å². The molecule has 1 unspecified atom stereocenters. The standard InChI is InChI=1S/C25H19N3O4S/c1-14-13-15(10-11-18(14)32-2)22(29)20-21(17-8-5-6-12-26-17)28(24(31)23(20)30)25-27-16-7-3-4-9-19(16)33-25/h3-13,21,29H,1-2H3/b22-20+. The van der Waals surface area contributed by atoms with Crippen LogP contribution in [-0.4, -0.2) is 33.9 Å². The highest BCUT2D eigenvalue weighted by Gasteiger charge is 2.48. The molecule has 0 bridgehead atoms. The molecule has 1 aliphatic rings. The second kappa shape index (κ2) is 8.14. The number of ketones is 1. The van der Waals surface area contributed by atoms with Crippen molar-refractivity contribution in [2.24, 2.45) is 0 Å². The second-order valence-corrected chi connectivity index (χ2v) is 8.58. The molecule has 4 aromatic rings. The number of methoxy groups -OCH3 is 1. The molecule has 0 saturated carbocycles. The Labute approximate surface area is 193 Å². The summed E-state index contributed by atoms with van der Waals surface area (Å²) in [5.41, 5.74) is 2.36. The number of aromatic nitrogens is 2. The highest BCUT2D eigenvalue weighted by molar-refractivity contribution is 7.22. The summed E-state index contributed by atoms with van der Waals surface area (Å²) in [6.07, 6.45) is 1.59. The fraction of sp³-hybridized carbons (Fsp3) is 0.120. The number of hydrogen-bond acceptors (Lipinski definition) is 7. The van der Waals surface area contributed by atoms with Crippen LogP contribution in [0, 0.1) is 6.92 Å². The summed E-state index contributed by atoms with van der Waals surface area (Å²) >= 11 is 1.31. The summed E-state index contributed by atoms with van der Waals surface area (Å²) < 4.78 is 6.18. The van der Waals surface area contributed by atoms with Gasteiger partial charge in [0.1, 0.15) is 17.6 Å². The predicted octanol–water partition coefficient (Wildman–Crippen LogP) is 4.63. The maximum absolute atomic E-state index is 13.2. The Bertz CT molecular complexity index is 1400. The topological polar surface area (TPSA) is 92.6 Å². The van der Waals surface area contributed by atoms with Gasteiger partial charge in [0, 0.05) is 11.8 Å². The average Bonchev–Trinajstić information content (AvgIpc) is 3.37. The van der Waals surface area contributed by atoms with Gasteiger partial charge in [-0.15, -0.1) is 0 Å². The summed E-state index contributed by atoms with van der Waals surface area (Å²) in [7, 11) is 1.56. The molecule has 8 heteroatoms. The first kappa shape index (κ1) is 20.8. The average molecular weight is 458 g/mol. The van der Waals surface area contributed by atoms with Crippen LogP contribution in [0.1, 0.15) is 22.9 Å². The number of Topliss-reactive ketones (excluding diaryl/α,β-unsaturated/α-hetero) is 1. The van der Waals surface area contributed by atoms with Crippen LogP contribution in [0.4, 0.5) is 5.13 Å². The monoisotopic (exact) mass is 457 g/mol. The minimum Gasteiger partial charge on any atom is -0.507 e. The molecule has 3 heterocycles. The third kappa shape index (κ3) is 3.44. The molecular weight excluding hydrogens is 438 g/mol. The number of benzene rings is 2. The minimum absolute atomic E-state index is 0.0254. The number of nitrogens with zero attached hydrogens (tertiary/aromatic N) is 3. The second-order valence-electron chi connectivity index (χ2n) is 7.57. The molecule has 1 N–H and O–H groups in total. The zero-order chi connectivity index (χ0) is 23.1. The molecule has 1 amide bonds. The molecule has 2 aromatic heterocycles. The van der Waals surface area contributed by atoms with Gasteiger partial charge >= 0.3 is 5.91 Å². The van der Waals surface area contributed by atoms with E-state index in [1.54, 1.807) is 49.7 Å². The van der Waals surface area contributed by atoms with E-state index >= 15 is 0 Å². The number of aliphatic hydroxyl groups is 1. The third-order valence-electron chi connectivity index (χ3n) is 5.57. The summed E-state index contributed by atoms with van der Waals surface area (Å²) in [6, 6.07) is 16.9. The van der Waals surface area contributed by atoms with Gasteiger partial charge in [0.25, 0.3) is 5.78 Å². The van der Waals surface area contributed by atoms with Crippen molar-refractivity contribution < 1.29 is 19.4 Å². The Morgan fingerprint density at radius 1 is 1.09 bits per heavy atom. The van der Waals surface area contributed by atoms with Crippen molar-refractivity contribution in [1.82, 2.24) is 9.97 Å². The number of carbonyl (C=O) groups excluding carboxylic acids is 2. The number of amides is 1. The van der Waals surface area contributed by atoms with Gasteiger partial charge in [-0.3, -0.25) is 19.5 Å². The molecule has 7 nitrogen and oxygen atoms in total. The van der Waals surface area contributed by atoms with Crippen molar-refractivity contribution in [3.8, 4) is 5.75 Å². The molecule has 164 valence electrons. The molecule has 0 aliphatic carbocycles. The lowest BCUT2D eigenvalue weighted by molar-refractivity contribution is -0.132. The number of carbonyl (C=O) groups is 2. The van der Waals surface area contributed by atoms with E-state index in [-0.39, 0.29) is 11.3 Å². The van der Waals surface area contributed by atoms with E-state index in [4.69, 9.17) is 4.74 Å². The van der Waals surface area contributed by atoms with Gasteiger partial charge < -0.3 is 9.84 Å². The number of aryl methyl sites for hydroxylation is 1. The van der Waals surface area contributed by atoms with E-state index in [2.05, 4.69) is 9.97 Å². The molecular formula is C25H19N3O4S. The zero-order valence-corrected chi connectivity index (χ0v) is 18.7. The van der Waals surface area contributed by atoms with Crippen molar-refractivity contribution in [3.63, 3.8) is 0 Å². The lowest BCUT2D eigenvalue weighted by Gasteiger charge is -2.22. The Morgan fingerprint density at radius 3 is 2.58 bits per heavy atom. The molecule has 0 spiro atoms. The fourth-order valence-electron chi connectivity index (χ4n) is 3.99. The maximum atomic E-state index is 13.2. The van der Waals surface area contributed by atoms with Crippen molar-refractivity contribution in [2.75, 3.05) is 12.0 Å². The summed E-state index contributed by atoms with van der Waals surface area (Å²) in [5.74, 6) is -1.14. The van der Waals surface area contributed by atoms with Crippen LogP contribution in [0.15, 0.2) is 72.4 Å². The van der Waals surface area contributed by atoms with E-state index in [0.717, 1.165) is 15.8 Å². The van der Waals surface area contributed by atoms with Crippen LogP contribution < -0.4 is 9.64 Å². The molecule has 2 aromatic carbocycles. The molecule has 1 fully saturated rings. The zero-order valence-electron chi connectivity index (χ0n) is 17.9. The van der Waals surface area contributed by atoms with Gasteiger partial charge in [0.15, 0.2) is 5.13 Å². The number of aliphatic hydroxyl groups excluding tert-OH is 1. The Morgan fingerprint density at radius 2 is 1.88 bits per heavy atom. The van der Waals surface area contributed by atoms with Crippen LogP contribution in [0.5, 0.6) is 5.75 Å². The SMILES string of the molecule is COc1ccc(/C(O)=C2\C(=O)C(=O)N(c3nc4ccccc4s3)C2c2ccccn2)cc1C. The van der Waals surface area contributed by atoms with Crippen molar-refractivity contribution in [2.45, 2.75) is 13.0 Å². The first-order chi connectivity index (χ1) is 16.0. The lowest BCUT2D eigenvalue weighted by Crippen LogP contribution is -2.29. The van der Waals surface area contributed by atoms with Gasteiger partial charge in [-0.25, -0.2) is 4.98 Å². The van der Waals surface area contributed by atoms with Gasteiger partial charge in [-0.1, -0.05) is 29.5 Å². The lowest BCUT2D eigenvalue weighted by atomic mass is 9.97. The molecule has 1 aliphatic heterocycles. The maximum Gasteiger partial charge on any atom is 0.301 e. The van der Waals surface area contributed by atoms with E-state index < -0.39 is 17.7 Å². The number of ether oxygens (including phenoxy) is 1. The number of thiazole rings is 1. The smallest absolute Gasteiger partial charge is 0.301 e. The largest absolute Gasteiger partial charge is 0.507 e. The molecule has 1 atom stereocenters. The van der Waals surface area contributed by atoms with Gasteiger partial charge in [0.05, 0.1) is 28.6 Å². The van der Waals surface area contributed by atoms with Gasteiger partial charge in [-0.05, 0) is 55.0 Å². The first-order valence-corrected chi connectivity index (χ1v) is 11.0. The fourth-order valence-corrected chi connectivity index (χ4v) is 4.98. The van der Waals surface area contributed by atoms with E-state index in [0.29, 0.717) is 22.1 Å². The van der Waals surface area contributed by atoms with E-state index in [1.807, 2.05) is 31.2 Å². The Balaban J connectivity index is 1.72. The number of anilines is 1. The summed E-state index contributed by atoms with van der Waals surface area (Å²) in [6.45, 7) is 1.84. The number of para-hydroxylation sites is 1. The number of pyridine rings is 1. The number of hydrogen-bond donors (Lipinski definition) is 1. The molecule has 33 heavy (non-hydrogen) atoms. The van der Waals surface area contributed by atoms with Gasteiger partial charge in [0.2, 0.25) is 0 Å².